The molecule has 0 saturated carbocycles. The number of rotatable bonds is 7. The van der Waals surface area contributed by atoms with E-state index in [9.17, 15) is 0 Å². The minimum Gasteiger partial charge on any atom is -0.376 e. The molecule has 3 atom stereocenters. The maximum Gasteiger partial charge on any atom is 0.185 e. The second-order valence-electron chi connectivity index (χ2n) is 8.86. The molecule has 3 rings (SSSR count). The SMILES string of the molecule is CO[C@H]1CC(c2cccn2COCC[Si](C)(C)C)=NC12CCCC(C)O2. The van der Waals surface area contributed by atoms with E-state index < -0.39 is 13.8 Å². The molecule has 1 fully saturated rings. The zero-order valence-electron chi connectivity index (χ0n) is 17.0. The fourth-order valence-electron chi connectivity index (χ4n) is 3.87. The molecule has 0 bridgehead atoms. The average molecular weight is 379 g/mol. The number of ether oxygens (including phenoxy) is 3. The number of hydrogen-bond acceptors (Lipinski definition) is 4. The van der Waals surface area contributed by atoms with Crippen LogP contribution in [0.25, 0.3) is 0 Å². The van der Waals surface area contributed by atoms with Crippen LogP contribution in [0.1, 0.15) is 38.3 Å². The number of nitrogens with zero attached hydrogens (tertiary/aromatic N) is 2. The van der Waals surface area contributed by atoms with Gasteiger partial charge in [-0.2, -0.15) is 0 Å². The molecule has 5 nitrogen and oxygen atoms in total. The van der Waals surface area contributed by atoms with Gasteiger partial charge in [-0.3, -0.25) is 4.99 Å². The largest absolute Gasteiger partial charge is 0.376 e. The van der Waals surface area contributed by atoms with Crippen molar-refractivity contribution in [3.63, 3.8) is 0 Å². The van der Waals surface area contributed by atoms with Gasteiger partial charge in [0, 0.05) is 34.4 Å². The smallest absolute Gasteiger partial charge is 0.185 e. The van der Waals surface area contributed by atoms with Gasteiger partial charge >= 0.3 is 0 Å². The van der Waals surface area contributed by atoms with Crippen LogP contribution in [0.2, 0.25) is 25.7 Å². The Morgan fingerprint density at radius 2 is 2.19 bits per heavy atom. The first-order chi connectivity index (χ1) is 12.3. The molecule has 26 heavy (non-hydrogen) atoms. The monoisotopic (exact) mass is 378 g/mol. The quantitative estimate of drug-likeness (QED) is 0.525. The van der Waals surface area contributed by atoms with E-state index in [0.29, 0.717) is 6.73 Å². The fraction of sp³-hybridized carbons (Fsp3) is 0.750. The molecule has 0 aromatic carbocycles. The van der Waals surface area contributed by atoms with Gasteiger partial charge in [0.2, 0.25) is 0 Å². The predicted octanol–water partition coefficient (Wildman–Crippen LogP) is 4.29. The minimum absolute atomic E-state index is 0.00333. The molecule has 0 amide bonds. The summed E-state index contributed by atoms with van der Waals surface area (Å²) in [6.07, 6.45) is 6.28. The Bertz CT molecular complexity index is 637. The Morgan fingerprint density at radius 3 is 2.88 bits per heavy atom. The van der Waals surface area contributed by atoms with Crippen LogP contribution in [0, 0.1) is 0 Å². The van der Waals surface area contributed by atoms with Crippen LogP contribution in [0.4, 0.5) is 0 Å². The third-order valence-corrected chi connectivity index (χ3v) is 7.10. The molecular formula is C20H34N2O3Si. The van der Waals surface area contributed by atoms with Crippen molar-refractivity contribution in [3.8, 4) is 0 Å². The first-order valence-electron chi connectivity index (χ1n) is 9.85. The summed E-state index contributed by atoms with van der Waals surface area (Å²) < 4.78 is 20.2. The van der Waals surface area contributed by atoms with Crippen LogP contribution in [0.15, 0.2) is 23.3 Å². The van der Waals surface area contributed by atoms with Crippen molar-refractivity contribution in [2.75, 3.05) is 13.7 Å². The highest BCUT2D eigenvalue weighted by Gasteiger charge is 2.48. The fourth-order valence-corrected chi connectivity index (χ4v) is 4.63. The van der Waals surface area contributed by atoms with Crippen LogP contribution < -0.4 is 0 Å². The maximum absolute atomic E-state index is 6.29. The van der Waals surface area contributed by atoms with Crippen molar-refractivity contribution < 1.29 is 14.2 Å². The van der Waals surface area contributed by atoms with Gasteiger partial charge in [-0.1, -0.05) is 19.6 Å². The van der Waals surface area contributed by atoms with E-state index in [4.69, 9.17) is 19.2 Å². The first kappa shape index (κ1) is 19.8. The summed E-state index contributed by atoms with van der Waals surface area (Å²) in [5, 5.41) is 0. The van der Waals surface area contributed by atoms with Crippen LogP contribution in [0.5, 0.6) is 0 Å². The highest BCUT2D eigenvalue weighted by Crippen LogP contribution is 2.40. The van der Waals surface area contributed by atoms with Gasteiger partial charge in [0.1, 0.15) is 12.8 Å². The van der Waals surface area contributed by atoms with E-state index in [0.717, 1.165) is 43.7 Å². The Hall–Kier alpha value is -0.953. The van der Waals surface area contributed by atoms with Crippen LogP contribution in [-0.2, 0) is 20.9 Å². The van der Waals surface area contributed by atoms with E-state index in [-0.39, 0.29) is 12.2 Å². The van der Waals surface area contributed by atoms with Crippen molar-refractivity contribution in [2.24, 2.45) is 4.99 Å². The lowest BCUT2D eigenvalue weighted by Crippen LogP contribution is -2.46. The Kier molecular flexibility index (Phi) is 6.06. The van der Waals surface area contributed by atoms with Gasteiger partial charge in [0.15, 0.2) is 5.72 Å². The van der Waals surface area contributed by atoms with Crippen LogP contribution >= 0.6 is 0 Å². The van der Waals surface area contributed by atoms with E-state index in [2.05, 4.69) is 49.5 Å². The highest BCUT2D eigenvalue weighted by atomic mass is 28.3. The molecule has 1 spiro atoms. The molecule has 1 saturated heterocycles. The zero-order chi connectivity index (χ0) is 18.8. The molecule has 0 aliphatic carbocycles. The van der Waals surface area contributed by atoms with Gasteiger partial charge in [-0.05, 0) is 44.4 Å². The summed E-state index contributed by atoms with van der Waals surface area (Å²) in [6.45, 7) is 10.7. The Balaban J connectivity index is 1.70. The number of hydrogen-bond donors (Lipinski definition) is 0. The molecule has 0 radical (unpaired) electrons. The predicted molar refractivity (Wildman–Crippen MR) is 108 cm³/mol. The molecular weight excluding hydrogens is 344 g/mol. The van der Waals surface area contributed by atoms with E-state index in [1.54, 1.807) is 7.11 Å². The summed E-state index contributed by atoms with van der Waals surface area (Å²) in [6, 6.07) is 5.38. The van der Waals surface area contributed by atoms with Gasteiger partial charge in [-0.25, -0.2) is 0 Å². The van der Waals surface area contributed by atoms with Gasteiger partial charge in [-0.15, -0.1) is 0 Å². The normalized spacial score (nSPS) is 29.3. The third-order valence-electron chi connectivity index (χ3n) is 5.39. The van der Waals surface area contributed by atoms with E-state index >= 15 is 0 Å². The van der Waals surface area contributed by atoms with Crippen LogP contribution in [0.3, 0.4) is 0 Å². The molecule has 0 N–H and O–H groups in total. The minimum atomic E-state index is -1.06. The molecule has 2 aliphatic rings. The Morgan fingerprint density at radius 1 is 1.38 bits per heavy atom. The summed E-state index contributed by atoms with van der Waals surface area (Å²) in [5.74, 6) is 0. The lowest BCUT2D eigenvalue weighted by molar-refractivity contribution is -0.172. The standard InChI is InChI=1S/C20H34N2O3Si/c1-16-8-6-10-20(25-16)19(23-2)14-17(21-20)18-9-7-11-22(18)15-24-12-13-26(3,4)5/h7,9,11,16,19H,6,8,10,12-15H2,1-5H3/t16?,19-,20?/m0/s1. The lowest BCUT2D eigenvalue weighted by Gasteiger charge is -2.38. The number of methoxy groups -OCH3 is 1. The Labute approximate surface area is 158 Å². The molecule has 1 aromatic rings. The van der Waals surface area contributed by atoms with E-state index in [1.807, 2.05) is 0 Å². The average Bonchev–Trinajstić information content (AvgIpc) is 3.15. The topological polar surface area (TPSA) is 45.0 Å². The molecule has 2 unspecified atom stereocenters. The third kappa shape index (κ3) is 4.47. The molecule has 3 heterocycles. The highest BCUT2D eigenvalue weighted by molar-refractivity contribution is 6.76. The van der Waals surface area contributed by atoms with Crippen LogP contribution in [-0.4, -0.2) is 50.0 Å². The van der Waals surface area contributed by atoms with Crippen molar-refractivity contribution in [1.82, 2.24) is 4.57 Å². The van der Waals surface area contributed by atoms with Gasteiger partial charge in [0.25, 0.3) is 0 Å². The number of aromatic nitrogens is 1. The molecule has 146 valence electrons. The number of aliphatic imine (C=N–C) groups is 1. The maximum atomic E-state index is 6.29. The summed E-state index contributed by atoms with van der Waals surface area (Å²) in [7, 11) is 0.713. The van der Waals surface area contributed by atoms with Crippen molar-refractivity contribution >= 4 is 13.8 Å². The lowest BCUT2D eigenvalue weighted by atomic mass is 9.95. The second-order valence-corrected chi connectivity index (χ2v) is 14.5. The van der Waals surface area contributed by atoms with Crippen molar-refractivity contribution in [2.45, 2.75) is 83.0 Å². The summed E-state index contributed by atoms with van der Waals surface area (Å²) in [5.41, 5.74) is 1.69. The van der Waals surface area contributed by atoms with Crippen molar-refractivity contribution in [3.05, 3.63) is 24.0 Å². The van der Waals surface area contributed by atoms with Gasteiger partial charge < -0.3 is 18.8 Å². The second kappa shape index (κ2) is 7.96. The summed E-state index contributed by atoms with van der Waals surface area (Å²) >= 11 is 0. The van der Waals surface area contributed by atoms with Crippen molar-refractivity contribution in [1.29, 1.82) is 0 Å². The van der Waals surface area contributed by atoms with Gasteiger partial charge in [0.05, 0.1) is 17.5 Å². The zero-order valence-corrected chi connectivity index (χ0v) is 18.0. The summed E-state index contributed by atoms with van der Waals surface area (Å²) in [4.78, 5) is 5.05. The molecule has 6 heteroatoms. The molecule has 1 aromatic heterocycles. The molecule has 2 aliphatic heterocycles. The first-order valence-corrected chi connectivity index (χ1v) is 13.6. The van der Waals surface area contributed by atoms with E-state index in [1.165, 1.54) is 6.04 Å².